The molecule has 1 aromatic carbocycles. The van der Waals surface area contributed by atoms with E-state index in [1.807, 2.05) is 52.0 Å². The van der Waals surface area contributed by atoms with Crippen molar-refractivity contribution < 1.29 is 4.74 Å². The van der Waals surface area contributed by atoms with Gasteiger partial charge in [0.1, 0.15) is 11.6 Å². The van der Waals surface area contributed by atoms with E-state index < -0.39 is 0 Å². The summed E-state index contributed by atoms with van der Waals surface area (Å²) in [7, 11) is 1.61. The van der Waals surface area contributed by atoms with Gasteiger partial charge in [0.25, 0.3) is 0 Å². The van der Waals surface area contributed by atoms with Gasteiger partial charge in [-0.3, -0.25) is 5.10 Å². The number of ether oxygens (including phenoxy) is 1. The largest absolute Gasteiger partial charge is 0.496 e. The van der Waals surface area contributed by atoms with E-state index in [9.17, 15) is 0 Å². The summed E-state index contributed by atoms with van der Waals surface area (Å²) >= 11 is 5.99. The van der Waals surface area contributed by atoms with Gasteiger partial charge in [-0.15, -0.1) is 0 Å². The molecule has 2 heterocycles. The highest BCUT2D eigenvalue weighted by Crippen LogP contribution is 2.32. The van der Waals surface area contributed by atoms with Crippen LogP contribution in [0.1, 0.15) is 40.3 Å². The Morgan fingerprint density at radius 3 is 2.48 bits per heavy atom. The maximum Gasteiger partial charge on any atom is 0.224 e. The van der Waals surface area contributed by atoms with Crippen LogP contribution in [0.2, 0.25) is 5.28 Å². The summed E-state index contributed by atoms with van der Waals surface area (Å²) in [4.78, 5) is 8.46. The van der Waals surface area contributed by atoms with Crippen molar-refractivity contribution in [3.8, 4) is 5.75 Å². The van der Waals surface area contributed by atoms with E-state index in [0.29, 0.717) is 22.9 Å². The van der Waals surface area contributed by atoms with Gasteiger partial charge in [-0.05, 0) is 30.2 Å². The Hall–Kier alpha value is -2.34. The molecule has 0 atom stereocenters. The van der Waals surface area contributed by atoms with E-state index in [1.54, 1.807) is 7.11 Å². The molecule has 25 heavy (non-hydrogen) atoms. The molecular formula is C18H26ClN5O. The molecule has 0 aliphatic rings. The summed E-state index contributed by atoms with van der Waals surface area (Å²) in [5.41, 5.74) is 1.75. The molecule has 0 fully saturated rings. The zero-order valence-corrected chi connectivity index (χ0v) is 16.4. The van der Waals surface area contributed by atoms with Crippen LogP contribution in [-0.2, 0) is 6.42 Å². The predicted molar refractivity (Wildman–Crippen MR) is 105 cm³/mol. The Labute approximate surface area is 154 Å². The second kappa shape index (κ2) is 10.5. The smallest absolute Gasteiger partial charge is 0.224 e. The van der Waals surface area contributed by atoms with Crippen LogP contribution in [-0.4, -0.2) is 27.3 Å². The molecule has 0 aliphatic carbocycles. The van der Waals surface area contributed by atoms with Crippen molar-refractivity contribution >= 4 is 34.1 Å². The molecule has 0 spiro atoms. The van der Waals surface area contributed by atoms with Crippen LogP contribution in [0.15, 0.2) is 24.3 Å². The maximum absolute atomic E-state index is 5.99. The lowest BCUT2D eigenvalue weighted by Crippen LogP contribution is -1.99. The van der Waals surface area contributed by atoms with Gasteiger partial charge in [0.2, 0.25) is 5.28 Å². The Morgan fingerprint density at radius 1 is 1.16 bits per heavy atom. The number of aromatic nitrogens is 4. The van der Waals surface area contributed by atoms with Gasteiger partial charge in [-0.25, -0.2) is 4.98 Å². The quantitative estimate of drug-likeness (QED) is 0.609. The highest BCUT2D eigenvalue weighted by Gasteiger charge is 2.13. The van der Waals surface area contributed by atoms with Crippen LogP contribution in [0.3, 0.4) is 0 Å². The lowest BCUT2D eigenvalue weighted by Gasteiger charge is -2.10. The van der Waals surface area contributed by atoms with E-state index in [4.69, 9.17) is 16.3 Å². The normalized spacial score (nSPS) is 9.56. The number of anilines is 2. The number of rotatable bonds is 4. The number of hydrogen-bond acceptors (Lipinski definition) is 5. The number of H-pyrrole nitrogens is 1. The van der Waals surface area contributed by atoms with Crippen LogP contribution in [0.4, 0.5) is 11.6 Å². The number of hydrogen-bond donors (Lipinski definition) is 2. The Bertz CT molecular complexity index is 788. The first-order chi connectivity index (χ1) is 12.2. The van der Waals surface area contributed by atoms with Gasteiger partial charge >= 0.3 is 0 Å². The molecule has 2 aromatic heterocycles. The highest BCUT2D eigenvalue weighted by atomic mass is 35.5. The molecule has 0 unspecified atom stereocenters. The second-order valence-corrected chi connectivity index (χ2v) is 4.79. The summed E-state index contributed by atoms with van der Waals surface area (Å²) in [5.74, 6) is 1.92. The van der Waals surface area contributed by atoms with Crippen molar-refractivity contribution in [3.63, 3.8) is 0 Å². The first kappa shape index (κ1) is 20.7. The van der Waals surface area contributed by atoms with E-state index in [-0.39, 0.29) is 5.28 Å². The molecule has 3 rings (SSSR count). The highest BCUT2D eigenvalue weighted by molar-refractivity contribution is 6.29. The summed E-state index contributed by atoms with van der Waals surface area (Å²) in [5, 5.41) is 11.2. The van der Waals surface area contributed by atoms with E-state index >= 15 is 0 Å². The number of nitrogens with zero attached hydrogens (tertiary/aromatic N) is 3. The minimum atomic E-state index is 0.171. The monoisotopic (exact) mass is 363 g/mol. The lowest BCUT2D eigenvalue weighted by atomic mass is 10.2. The molecule has 0 radical (unpaired) electrons. The molecule has 0 saturated carbocycles. The van der Waals surface area contributed by atoms with Crippen molar-refractivity contribution in [3.05, 3.63) is 35.2 Å². The van der Waals surface area contributed by atoms with E-state index in [0.717, 1.165) is 17.5 Å². The number of nitrogens with one attached hydrogen (secondary N) is 2. The fourth-order valence-corrected chi connectivity index (χ4v) is 2.29. The van der Waals surface area contributed by atoms with Crippen LogP contribution >= 0.6 is 11.6 Å². The van der Waals surface area contributed by atoms with E-state index in [1.165, 1.54) is 0 Å². The van der Waals surface area contributed by atoms with Crippen LogP contribution in [0.5, 0.6) is 5.75 Å². The average molecular weight is 364 g/mol. The van der Waals surface area contributed by atoms with E-state index in [2.05, 4.69) is 32.4 Å². The molecule has 7 heteroatoms. The van der Waals surface area contributed by atoms with Crippen LogP contribution in [0.25, 0.3) is 10.9 Å². The maximum atomic E-state index is 5.99. The number of aryl methyl sites for hydroxylation is 1. The summed E-state index contributed by atoms with van der Waals surface area (Å²) < 4.78 is 5.38. The summed E-state index contributed by atoms with van der Waals surface area (Å²) in [6.07, 6.45) is 0.878. The Balaban J connectivity index is 0.000000730. The average Bonchev–Trinajstić information content (AvgIpc) is 3.12. The fourth-order valence-electron chi connectivity index (χ4n) is 2.11. The SMILES string of the molecule is CC.CC.CCc1cc(Nc2nc(Cl)nc3cccc(OC)c23)n[nH]1. The molecule has 3 aromatic rings. The molecular weight excluding hydrogens is 338 g/mol. The molecule has 0 saturated heterocycles. The molecule has 2 N–H and O–H groups in total. The number of fused-ring (bicyclic) bond motifs is 1. The van der Waals surface area contributed by atoms with Gasteiger partial charge in [0.05, 0.1) is 18.0 Å². The van der Waals surface area contributed by atoms with Gasteiger partial charge in [0.15, 0.2) is 5.82 Å². The minimum Gasteiger partial charge on any atom is -0.496 e. The van der Waals surface area contributed by atoms with Gasteiger partial charge in [0, 0.05) is 11.8 Å². The van der Waals surface area contributed by atoms with Gasteiger partial charge < -0.3 is 10.1 Å². The van der Waals surface area contributed by atoms with Crippen LogP contribution < -0.4 is 10.1 Å². The number of halogens is 1. The zero-order valence-electron chi connectivity index (χ0n) is 15.6. The van der Waals surface area contributed by atoms with Crippen LogP contribution in [0, 0.1) is 0 Å². The first-order valence-corrected chi connectivity index (χ1v) is 8.90. The fraction of sp³-hybridized carbons (Fsp3) is 0.389. The minimum absolute atomic E-state index is 0.171. The van der Waals surface area contributed by atoms with Gasteiger partial charge in [-0.1, -0.05) is 40.7 Å². The summed E-state index contributed by atoms with van der Waals surface area (Å²) in [6, 6.07) is 7.50. The molecule has 136 valence electrons. The molecule has 0 bridgehead atoms. The van der Waals surface area contributed by atoms with Crippen molar-refractivity contribution in [1.82, 2.24) is 20.2 Å². The topological polar surface area (TPSA) is 75.7 Å². The van der Waals surface area contributed by atoms with Crippen molar-refractivity contribution in [1.29, 1.82) is 0 Å². The Kier molecular flexibility index (Phi) is 8.70. The first-order valence-electron chi connectivity index (χ1n) is 8.53. The third kappa shape index (κ3) is 5.06. The molecule has 6 nitrogen and oxygen atoms in total. The van der Waals surface area contributed by atoms with Gasteiger partial charge in [-0.2, -0.15) is 10.1 Å². The number of aromatic amines is 1. The number of methoxy groups -OCH3 is 1. The van der Waals surface area contributed by atoms with Crippen molar-refractivity contribution in [2.75, 3.05) is 12.4 Å². The molecule has 0 aliphatic heterocycles. The number of benzene rings is 1. The summed E-state index contributed by atoms with van der Waals surface area (Å²) in [6.45, 7) is 10.1. The third-order valence-corrected chi connectivity index (χ3v) is 3.31. The molecule has 0 amide bonds. The third-order valence-electron chi connectivity index (χ3n) is 3.14. The second-order valence-electron chi connectivity index (χ2n) is 4.45. The van der Waals surface area contributed by atoms with Crippen molar-refractivity contribution in [2.24, 2.45) is 0 Å². The Morgan fingerprint density at radius 2 is 1.88 bits per heavy atom. The predicted octanol–water partition coefficient (Wildman–Crippen LogP) is 5.37. The lowest BCUT2D eigenvalue weighted by molar-refractivity contribution is 0.420. The zero-order chi connectivity index (χ0) is 18.8. The standard InChI is InChI=1S/C14H14ClN5O.2C2H6/c1-3-8-7-11(20-19-8)17-13-12-9(16-14(15)18-13)5-4-6-10(12)21-2;2*1-2/h4-7H,3H2,1-2H3,(H2,16,17,18,19,20);2*1-2H3. The van der Waals surface area contributed by atoms with Crippen molar-refractivity contribution in [2.45, 2.75) is 41.0 Å².